The molecule has 0 bridgehead atoms. The number of allylic oxidation sites excluding steroid dienone is 1. The zero-order chi connectivity index (χ0) is 4.12. The summed E-state index contributed by atoms with van der Waals surface area (Å²) in [7, 11) is 0. The normalized spacial score (nSPS) is 10.0. The number of hydrogen-bond acceptors (Lipinski definition) is 0. The zero-order valence-corrected chi connectivity index (χ0v) is 6.73. The van der Waals surface area contributed by atoms with Crippen LogP contribution in [0.5, 0.6) is 0 Å². The van der Waals surface area contributed by atoms with E-state index in [4.69, 9.17) is 0 Å². The van der Waals surface area contributed by atoms with Gasteiger partial charge in [-0.1, -0.05) is 0 Å². The van der Waals surface area contributed by atoms with Crippen LogP contribution in [0.4, 0.5) is 0 Å². The Morgan fingerprint density at radius 2 is 2.40 bits per heavy atom. The van der Waals surface area contributed by atoms with Gasteiger partial charge in [0.05, 0.1) is 0 Å². The van der Waals surface area contributed by atoms with Crippen molar-refractivity contribution in [3.8, 4) is 0 Å². The maximum atomic E-state index is 2.19. The van der Waals surface area contributed by atoms with Gasteiger partial charge in [0.1, 0.15) is 0 Å². The van der Waals surface area contributed by atoms with E-state index >= 15 is 0 Å². The van der Waals surface area contributed by atoms with Gasteiger partial charge in [-0.2, -0.15) is 0 Å². The fraction of sp³-hybridized carbons (Fsp3) is 0.500. The molecule has 0 aromatic heterocycles. The molecule has 0 fully saturated rings. The third-order valence-corrected chi connectivity index (χ3v) is 1.15. The van der Waals surface area contributed by atoms with E-state index in [1.54, 1.807) is 0 Å². The Balaban J connectivity index is 2.62. The topological polar surface area (TPSA) is 0 Å². The standard InChI is InChI=1S/C4H7.Sn.H/c1-3-4-2;;/h1,3H,4H2,2H3;;. The van der Waals surface area contributed by atoms with Crippen LogP contribution in [0, 0.1) is 0 Å². The van der Waals surface area contributed by atoms with E-state index in [1.165, 1.54) is 28.9 Å². The predicted molar refractivity (Wildman–Crippen MR) is 26.6 cm³/mol. The molecule has 1 heteroatoms. The Morgan fingerprint density at radius 1 is 1.80 bits per heavy atom. The Kier molecular flexibility index (Phi) is 5.03. The first-order chi connectivity index (χ1) is 2.41. The van der Waals surface area contributed by atoms with Crippen molar-refractivity contribution in [2.45, 2.75) is 13.3 Å². The quantitative estimate of drug-likeness (QED) is 0.517. The van der Waals surface area contributed by atoms with Gasteiger partial charge >= 0.3 is 46.0 Å². The Bertz CT molecular complexity index is 30.6. The summed E-state index contributed by atoms with van der Waals surface area (Å²) in [6, 6.07) is 0. The summed E-state index contributed by atoms with van der Waals surface area (Å²) >= 11 is 1.27. The molecule has 0 N–H and O–H groups in total. The van der Waals surface area contributed by atoms with Gasteiger partial charge in [0.15, 0.2) is 0 Å². The van der Waals surface area contributed by atoms with Gasteiger partial charge in [-0.25, -0.2) is 0 Å². The fourth-order valence-electron chi connectivity index (χ4n) is 0.136. The molecular formula is C4H8Sn. The molecule has 0 aromatic rings. The summed E-state index contributed by atoms with van der Waals surface area (Å²) in [6.45, 7) is 2.15. The molecule has 5 heavy (non-hydrogen) atoms. The summed E-state index contributed by atoms with van der Waals surface area (Å²) in [5.74, 6) is 0. The van der Waals surface area contributed by atoms with Crippen LogP contribution < -0.4 is 0 Å². The van der Waals surface area contributed by atoms with Gasteiger partial charge in [-0.05, 0) is 0 Å². The van der Waals surface area contributed by atoms with E-state index in [2.05, 4.69) is 17.1 Å². The second kappa shape index (κ2) is 4.54. The van der Waals surface area contributed by atoms with Crippen LogP contribution in [0.15, 0.2) is 10.2 Å². The summed E-state index contributed by atoms with van der Waals surface area (Å²) in [6.07, 6.45) is 3.38. The fourth-order valence-corrected chi connectivity index (χ4v) is 0.913. The molecule has 0 aliphatic rings. The Morgan fingerprint density at radius 3 is 2.40 bits per heavy atom. The molecule has 0 saturated heterocycles. The molecule has 0 nitrogen and oxygen atoms in total. The van der Waals surface area contributed by atoms with Crippen LogP contribution in [-0.4, -0.2) is 22.5 Å². The molecule has 0 spiro atoms. The summed E-state index contributed by atoms with van der Waals surface area (Å²) < 4.78 is 2.19. The van der Waals surface area contributed by atoms with Crippen molar-refractivity contribution in [3.63, 3.8) is 0 Å². The van der Waals surface area contributed by atoms with Crippen LogP contribution in [0.1, 0.15) is 13.3 Å². The van der Waals surface area contributed by atoms with Gasteiger partial charge in [-0.15, -0.1) is 0 Å². The van der Waals surface area contributed by atoms with Crippen molar-refractivity contribution in [1.29, 1.82) is 0 Å². The van der Waals surface area contributed by atoms with E-state index in [-0.39, 0.29) is 0 Å². The summed E-state index contributed by atoms with van der Waals surface area (Å²) in [4.78, 5) is 0. The van der Waals surface area contributed by atoms with Crippen LogP contribution in [0.25, 0.3) is 0 Å². The second-order valence-electron chi connectivity index (χ2n) is 0.836. The molecule has 0 heterocycles. The van der Waals surface area contributed by atoms with Gasteiger partial charge in [0.2, 0.25) is 0 Å². The average molecular weight is 175 g/mol. The molecule has 0 rings (SSSR count). The van der Waals surface area contributed by atoms with Gasteiger partial charge < -0.3 is 0 Å². The van der Waals surface area contributed by atoms with Gasteiger partial charge in [0, 0.05) is 0 Å². The van der Waals surface area contributed by atoms with E-state index in [0.717, 1.165) is 0 Å². The minimum absolute atomic E-state index is 1.20. The molecule has 2 radical (unpaired) electrons. The molecule has 0 amide bonds. The van der Waals surface area contributed by atoms with Crippen molar-refractivity contribution < 1.29 is 0 Å². The van der Waals surface area contributed by atoms with Crippen LogP contribution in [-0.2, 0) is 0 Å². The van der Waals surface area contributed by atoms with Crippen molar-refractivity contribution in [2.75, 3.05) is 0 Å². The van der Waals surface area contributed by atoms with E-state index in [9.17, 15) is 0 Å². The van der Waals surface area contributed by atoms with E-state index in [0.29, 0.717) is 0 Å². The maximum absolute atomic E-state index is 2.19. The zero-order valence-electron chi connectivity index (χ0n) is 3.44. The number of rotatable bonds is 1. The van der Waals surface area contributed by atoms with E-state index in [1.807, 2.05) is 0 Å². The molecule has 0 aromatic carbocycles. The molecule has 0 aliphatic carbocycles. The summed E-state index contributed by atoms with van der Waals surface area (Å²) in [5, 5.41) is 0. The number of hydrogen-bond donors (Lipinski definition) is 0. The van der Waals surface area contributed by atoms with Gasteiger partial charge in [-0.3, -0.25) is 0 Å². The monoisotopic (exact) mass is 176 g/mol. The molecule has 0 unspecified atom stereocenters. The average Bonchev–Trinajstić information content (AvgIpc) is 1.41. The Hall–Kier alpha value is 0.539. The van der Waals surface area contributed by atoms with Crippen molar-refractivity contribution in [3.05, 3.63) is 10.2 Å². The first-order valence-electron chi connectivity index (χ1n) is 1.78. The van der Waals surface area contributed by atoms with Crippen molar-refractivity contribution >= 4 is 22.5 Å². The third kappa shape index (κ3) is 4.54. The van der Waals surface area contributed by atoms with Crippen LogP contribution in [0.2, 0.25) is 0 Å². The van der Waals surface area contributed by atoms with Crippen molar-refractivity contribution in [1.82, 2.24) is 0 Å². The first-order valence-corrected chi connectivity index (χ1v) is 3.68. The molecule has 28 valence electrons. The predicted octanol–water partition coefficient (Wildman–Crippen LogP) is 0.811. The second-order valence-corrected chi connectivity index (χ2v) is 1.93. The van der Waals surface area contributed by atoms with Crippen LogP contribution in [0.3, 0.4) is 0 Å². The third-order valence-electron chi connectivity index (χ3n) is 0.372. The van der Waals surface area contributed by atoms with Crippen LogP contribution >= 0.6 is 0 Å². The molecule has 0 aliphatic heterocycles. The molecule has 0 atom stereocenters. The first kappa shape index (κ1) is 5.54. The molecule has 0 saturated carbocycles. The summed E-state index contributed by atoms with van der Waals surface area (Å²) in [5.41, 5.74) is 0. The van der Waals surface area contributed by atoms with E-state index < -0.39 is 0 Å². The minimum atomic E-state index is 1.20. The Labute approximate surface area is 46.4 Å². The molecular weight excluding hydrogens is 167 g/mol. The SMILES string of the molecule is CC/C=[CH]/[SnH]. The van der Waals surface area contributed by atoms with Crippen molar-refractivity contribution in [2.24, 2.45) is 0 Å². The van der Waals surface area contributed by atoms with Gasteiger partial charge in [0.25, 0.3) is 0 Å².